The molecule has 56 heavy (non-hydrogen) atoms. The monoisotopic (exact) mass is 813 g/mol. The summed E-state index contributed by atoms with van der Waals surface area (Å²) in [6.07, 6.45) is 2.12. The highest BCUT2D eigenvalue weighted by Gasteiger charge is 2.54. The molecule has 2 saturated heterocycles. The van der Waals surface area contributed by atoms with Gasteiger partial charge in [0, 0.05) is 60.5 Å². The number of aromatic carboxylic acids is 1. The molecular formula is C33H32FN9O11S2. The largest absolute Gasteiger partial charge is 0.477 e. The first-order chi connectivity index (χ1) is 26.7. The summed E-state index contributed by atoms with van der Waals surface area (Å²) in [5, 5.41) is 26.4. The number of rotatable bonds is 12. The van der Waals surface area contributed by atoms with E-state index in [4.69, 9.17) is 21.0 Å². The molecule has 7 N–H and O–H groups in total. The Morgan fingerprint density at radius 2 is 1.80 bits per heavy atom. The number of hydrogen-bond donors (Lipinski definition) is 5. The summed E-state index contributed by atoms with van der Waals surface area (Å²) in [6.45, 7) is -0.483. The van der Waals surface area contributed by atoms with E-state index in [1.54, 1.807) is 9.47 Å². The topological polar surface area (TPSA) is 282 Å². The highest BCUT2D eigenvalue weighted by atomic mass is 32.2. The van der Waals surface area contributed by atoms with E-state index in [0.29, 0.717) is 5.52 Å². The standard InChI is InChI=1S/C33H32FN9O11S2/c34-18-7-16-20(42(15-1-2-15)9-17(26(16)45)30(48)49)8-21(18)40-3-5-41(6-4-40)33(52)53-10-14-12-55-29-24(28(47)43(29)25(14)31(50)51)38-27(46)23(39-54-11-22(35)44)19-13-56-32(36)37-19/h7-9,13,15,24,29H,1-6,10-12H2,(H2,35,44)(H2,36,37)(H,38,46)(H,48,49)(H,50,51)/b39-23+/t24-,29-/m1/s1. The molecule has 3 fully saturated rings. The first-order valence-corrected chi connectivity index (χ1v) is 18.8. The van der Waals surface area contributed by atoms with Gasteiger partial charge in [-0.05, 0) is 25.0 Å². The van der Waals surface area contributed by atoms with E-state index in [9.17, 15) is 43.8 Å². The molecule has 1 saturated carbocycles. The number of piperazine rings is 1. The minimum Gasteiger partial charge on any atom is -0.477 e. The number of primary amides is 1. The Balaban J connectivity index is 0.983. The third-order valence-electron chi connectivity index (χ3n) is 9.40. The zero-order valence-corrected chi connectivity index (χ0v) is 30.6. The molecule has 20 nitrogen and oxygen atoms in total. The van der Waals surface area contributed by atoms with Crippen molar-refractivity contribution in [1.82, 2.24) is 24.7 Å². The molecule has 2 aromatic heterocycles. The number of thiazole rings is 1. The molecule has 0 bridgehead atoms. The summed E-state index contributed by atoms with van der Waals surface area (Å²) >= 11 is 2.13. The molecule has 1 aromatic carbocycles. The minimum absolute atomic E-state index is 0.00178. The van der Waals surface area contributed by atoms with Gasteiger partial charge in [-0.3, -0.25) is 24.1 Å². The highest BCUT2D eigenvalue weighted by molar-refractivity contribution is 8.00. The van der Waals surface area contributed by atoms with Crippen LogP contribution in [0.4, 0.5) is 20.0 Å². The molecule has 4 aliphatic rings. The lowest BCUT2D eigenvalue weighted by Gasteiger charge is -2.49. The highest BCUT2D eigenvalue weighted by Crippen LogP contribution is 2.41. The average Bonchev–Trinajstić information content (AvgIpc) is 3.92. The Bertz CT molecular complexity index is 2320. The first-order valence-electron chi connectivity index (χ1n) is 16.9. The number of aromatic nitrogens is 2. The van der Waals surface area contributed by atoms with Gasteiger partial charge in [0.25, 0.3) is 17.7 Å². The number of carbonyl (C=O) groups excluding carboxylic acids is 4. The smallest absolute Gasteiger partial charge is 0.410 e. The van der Waals surface area contributed by atoms with E-state index in [1.165, 1.54) is 22.5 Å². The number of nitrogens with one attached hydrogen (secondary N) is 1. The molecule has 0 radical (unpaired) electrons. The summed E-state index contributed by atoms with van der Waals surface area (Å²) in [4.78, 5) is 100. The molecule has 0 unspecified atom stereocenters. The van der Waals surface area contributed by atoms with Crippen molar-refractivity contribution in [3.63, 3.8) is 0 Å². The number of ether oxygens (including phenoxy) is 1. The van der Waals surface area contributed by atoms with E-state index in [2.05, 4.69) is 15.5 Å². The molecule has 3 aliphatic heterocycles. The third-order valence-corrected chi connectivity index (χ3v) is 11.4. The lowest BCUT2D eigenvalue weighted by Crippen LogP contribution is -2.71. The molecular weight excluding hydrogens is 782 g/mol. The fourth-order valence-electron chi connectivity index (χ4n) is 6.54. The minimum atomic E-state index is -1.45. The van der Waals surface area contributed by atoms with Gasteiger partial charge in [0.05, 0.1) is 11.2 Å². The van der Waals surface area contributed by atoms with Gasteiger partial charge in [0.15, 0.2) is 17.5 Å². The summed E-state index contributed by atoms with van der Waals surface area (Å²) in [7, 11) is 0. The second-order valence-corrected chi connectivity index (χ2v) is 15.0. The number of nitrogens with two attached hydrogens (primary N) is 2. The van der Waals surface area contributed by atoms with Crippen LogP contribution in [0.2, 0.25) is 0 Å². The zero-order valence-electron chi connectivity index (χ0n) is 29.0. The maximum atomic E-state index is 15.4. The number of oxime groups is 1. The third kappa shape index (κ3) is 7.28. The molecule has 0 spiro atoms. The quantitative estimate of drug-likeness (QED) is 0.0922. The predicted octanol–water partition coefficient (Wildman–Crippen LogP) is 0.116. The number of aliphatic carboxylic acids is 1. The van der Waals surface area contributed by atoms with Gasteiger partial charge in [-0.2, -0.15) is 0 Å². The van der Waals surface area contributed by atoms with Crippen molar-refractivity contribution in [2.45, 2.75) is 30.3 Å². The lowest BCUT2D eigenvalue weighted by atomic mass is 10.0. The number of β-lactam (4-membered cyclic amide) rings is 1. The van der Waals surface area contributed by atoms with E-state index < -0.39 is 82.9 Å². The number of amides is 4. The van der Waals surface area contributed by atoms with Crippen LogP contribution in [0.3, 0.4) is 0 Å². The molecule has 23 heteroatoms. The van der Waals surface area contributed by atoms with Crippen molar-refractivity contribution in [2.75, 3.05) is 55.8 Å². The van der Waals surface area contributed by atoms with Gasteiger partial charge >= 0.3 is 18.0 Å². The van der Waals surface area contributed by atoms with Crippen molar-refractivity contribution in [3.05, 3.63) is 62.3 Å². The number of thioether (sulfide) groups is 1. The van der Waals surface area contributed by atoms with Crippen LogP contribution in [-0.2, 0) is 28.8 Å². The Labute approximate surface area is 322 Å². The van der Waals surface area contributed by atoms with Crippen LogP contribution in [0.5, 0.6) is 0 Å². The van der Waals surface area contributed by atoms with Gasteiger partial charge < -0.3 is 50.9 Å². The van der Waals surface area contributed by atoms with Crippen LogP contribution in [0, 0.1) is 5.82 Å². The number of benzene rings is 1. The van der Waals surface area contributed by atoms with Crippen LogP contribution in [-0.4, -0.2) is 128 Å². The van der Waals surface area contributed by atoms with Crippen molar-refractivity contribution in [2.24, 2.45) is 10.9 Å². The zero-order chi connectivity index (χ0) is 40.0. The number of anilines is 2. The number of carboxylic acids is 2. The first kappa shape index (κ1) is 38.1. The number of pyridine rings is 1. The Hall–Kier alpha value is -6.23. The maximum absolute atomic E-state index is 15.4. The predicted molar refractivity (Wildman–Crippen MR) is 196 cm³/mol. The number of nitrogen functional groups attached to an aromatic ring is 1. The average molecular weight is 814 g/mol. The lowest BCUT2D eigenvalue weighted by molar-refractivity contribution is -0.150. The normalized spacial score (nSPS) is 19.7. The summed E-state index contributed by atoms with van der Waals surface area (Å²) in [5.74, 6) is -6.03. The van der Waals surface area contributed by atoms with E-state index in [-0.39, 0.29) is 71.1 Å². The molecule has 1 aliphatic carbocycles. The summed E-state index contributed by atoms with van der Waals surface area (Å²) < 4.78 is 22.6. The van der Waals surface area contributed by atoms with Crippen molar-refractivity contribution >= 4 is 86.3 Å². The Morgan fingerprint density at radius 3 is 2.43 bits per heavy atom. The SMILES string of the molecule is NC(=O)CO/N=C(/C(=O)N[C@@H]1C(=O)N2C(C(=O)O)=C(COC(=O)N3CCN(c4cc5c(cc4F)c(=O)c(C(=O)O)cn5C4CC4)CC3)CS[C@H]12)c1csc(N)n1. The molecule has 294 valence electrons. The molecule has 4 amide bonds. The number of halogens is 1. The van der Waals surface area contributed by atoms with E-state index in [1.807, 2.05) is 0 Å². The van der Waals surface area contributed by atoms with Crippen LogP contribution < -0.4 is 27.1 Å². The maximum Gasteiger partial charge on any atom is 0.410 e. The van der Waals surface area contributed by atoms with E-state index in [0.717, 1.165) is 46.9 Å². The molecule has 7 rings (SSSR count). The second-order valence-electron chi connectivity index (χ2n) is 13.0. The van der Waals surface area contributed by atoms with Crippen molar-refractivity contribution in [3.8, 4) is 0 Å². The summed E-state index contributed by atoms with van der Waals surface area (Å²) in [5.41, 5.74) is 9.49. The number of hydrogen-bond acceptors (Lipinski definition) is 15. The Morgan fingerprint density at radius 1 is 1.07 bits per heavy atom. The van der Waals surface area contributed by atoms with Gasteiger partial charge in [-0.15, -0.1) is 23.1 Å². The van der Waals surface area contributed by atoms with Crippen LogP contribution in [0.1, 0.15) is 34.9 Å². The number of fused-ring (bicyclic) bond motifs is 2. The van der Waals surface area contributed by atoms with Crippen LogP contribution >= 0.6 is 23.1 Å². The fraction of sp³-hybridized carbons (Fsp3) is 0.364. The van der Waals surface area contributed by atoms with Crippen LogP contribution in [0.15, 0.2) is 44.9 Å². The molecule has 3 aromatic rings. The van der Waals surface area contributed by atoms with Gasteiger partial charge in [-0.25, -0.2) is 23.8 Å². The number of carboxylic acid groups (broad SMARTS) is 2. The van der Waals surface area contributed by atoms with Crippen LogP contribution in [0.25, 0.3) is 10.9 Å². The number of carbonyl (C=O) groups is 6. The summed E-state index contributed by atoms with van der Waals surface area (Å²) in [6, 6.07) is 1.40. The Kier molecular flexibility index (Phi) is 10.3. The van der Waals surface area contributed by atoms with Crippen molar-refractivity contribution in [1.29, 1.82) is 0 Å². The molecule has 5 heterocycles. The fourth-order valence-corrected chi connectivity index (χ4v) is 8.42. The second kappa shape index (κ2) is 15.1. The van der Waals surface area contributed by atoms with Gasteiger partial charge in [0.2, 0.25) is 5.43 Å². The van der Waals surface area contributed by atoms with Crippen molar-refractivity contribution < 1.29 is 52.9 Å². The van der Waals surface area contributed by atoms with E-state index >= 15 is 4.39 Å². The van der Waals surface area contributed by atoms with Gasteiger partial charge in [-0.1, -0.05) is 5.16 Å². The molecule has 2 atom stereocenters. The van der Waals surface area contributed by atoms with Gasteiger partial charge in [0.1, 0.15) is 40.8 Å². The number of nitrogens with zero attached hydrogens (tertiary/aromatic N) is 6.